The average molecular weight is 269 g/mol. The van der Waals surface area contributed by atoms with Crippen molar-refractivity contribution in [2.75, 3.05) is 11.4 Å². The summed E-state index contributed by atoms with van der Waals surface area (Å²) in [6.45, 7) is 6.36. The Morgan fingerprint density at radius 2 is 1.85 bits per heavy atom. The van der Waals surface area contributed by atoms with Crippen LogP contribution in [-0.2, 0) is 0 Å². The maximum atomic E-state index is 12.7. The molecule has 0 aliphatic rings. The van der Waals surface area contributed by atoms with Crippen LogP contribution in [0.15, 0.2) is 42.5 Å². The number of phenolic OH excluding ortho intramolecular Hbond substituents is 1. The van der Waals surface area contributed by atoms with Gasteiger partial charge in [-0.3, -0.25) is 4.79 Å². The summed E-state index contributed by atoms with van der Waals surface area (Å²) in [5, 5.41) is 9.92. The minimum absolute atomic E-state index is 0.0210. The molecule has 3 nitrogen and oxygen atoms in total. The minimum Gasteiger partial charge on any atom is -0.507 e. The van der Waals surface area contributed by atoms with Gasteiger partial charge in [0.1, 0.15) is 5.75 Å². The molecule has 0 saturated carbocycles. The van der Waals surface area contributed by atoms with Gasteiger partial charge in [-0.2, -0.15) is 0 Å². The molecule has 0 fully saturated rings. The van der Waals surface area contributed by atoms with Crippen LogP contribution in [0, 0.1) is 13.8 Å². The van der Waals surface area contributed by atoms with Gasteiger partial charge in [-0.1, -0.05) is 29.8 Å². The molecule has 0 aliphatic carbocycles. The van der Waals surface area contributed by atoms with Gasteiger partial charge in [0, 0.05) is 12.2 Å². The number of hydrogen-bond acceptors (Lipinski definition) is 2. The van der Waals surface area contributed by atoms with Gasteiger partial charge in [-0.25, -0.2) is 0 Å². The summed E-state index contributed by atoms with van der Waals surface area (Å²) in [7, 11) is 0. The van der Waals surface area contributed by atoms with E-state index in [0.717, 1.165) is 16.8 Å². The Balaban J connectivity index is 2.45. The first-order valence-corrected chi connectivity index (χ1v) is 6.71. The van der Waals surface area contributed by atoms with E-state index < -0.39 is 0 Å². The Morgan fingerprint density at radius 1 is 1.15 bits per heavy atom. The standard InChI is InChI=1S/C17H19NO2/c1-4-18(15-8-6-5-7-13(15)3)17(20)14-11-12(2)9-10-16(14)19/h5-11,19H,4H2,1-3H3. The van der Waals surface area contributed by atoms with Crippen molar-refractivity contribution in [2.24, 2.45) is 0 Å². The van der Waals surface area contributed by atoms with Gasteiger partial charge in [-0.15, -0.1) is 0 Å². The number of carbonyl (C=O) groups is 1. The minimum atomic E-state index is -0.178. The molecule has 0 heterocycles. The number of rotatable bonds is 3. The molecule has 0 bridgehead atoms. The van der Waals surface area contributed by atoms with Crippen LogP contribution < -0.4 is 4.90 Å². The molecule has 1 N–H and O–H groups in total. The number of amides is 1. The molecule has 104 valence electrons. The molecule has 0 aromatic heterocycles. The van der Waals surface area contributed by atoms with Gasteiger partial charge in [0.2, 0.25) is 0 Å². The summed E-state index contributed by atoms with van der Waals surface area (Å²) in [6, 6.07) is 12.8. The maximum Gasteiger partial charge on any atom is 0.262 e. The first-order chi connectivity index (χ1) is 9.54. The fourth-order valence-corrected chi connectivity index (χ4v) is 2.26. The number of aromatic hydroxyl groups is 1. The number of para-hydroxylation sites is 1. The number of phenols is 1. The molecule has 2 rings (SSSR count). The number of hydrogen-bond donors (Lipinski definition) is 1. The molecule has 0 saturated heterocycles. The summed E-state index contributed by atoms with van der Waals surface area (Å²) in [5.74, 6) is -0.157. The van der Waals surface area contributed by atoms with Gasteiger partial charge in [0.15, 0.2) is 0 Å². The molecular formula is C17H19NO2. The first kappa shape index (κ1) is 14.1. The number of anilines is 1. The zero-order chi connectivity index (χ0) is 14.7. The fourth-order valence-electron chi connectivity index (χ4n) is 2.26. The number of nitrogens with zero attached hydrogens (tertiary/aromatic N) is 1. The van der Waals surface area contributed by atoms with Crippen molar-refractivity contribution in [3.8, 4) is 5.75 Å². The summed E-state index contributed by atoms with van der Waals surface area (Å²) < 4.78 is 0. The maximum absolute atomic E-state index is 12.7. The quantitative estimate of drug-likeness (QED) is 0.923. The molecule has 0 unspecified atom stereocenters. The second-order valence-electron chi connectivity index (χ2n) is 4.86. The zero-order valence-electron chi connectivity index (χ0n) is 12.1. The highest BCUT2D eigenvalue weighted by Crippen LogP contribution is 2.25. The second-order valence-corrected chi connectivity index (χ2v) is 4.86. The lowest BCUT2D eigenvalue weighted by Gasteiger charge is -2.23. The van der Waals surface area contributed by atoms with E-state index in [9.17, 15) is 9.90 Å². The van der Waals surface area contributed by atoms with Crippen LogP contribution in [0.5, 0.6) is 5.75 Å². The third-order valence-electron chi connectivity index (χ3n) is 3.35. The Kier molecular flexibility index (Phi) is 4.08. The summed E-state index contributed by atoms with van der Waals surface area (Å²) in [6.07, 6.45) is 0. The highest BCUT2D eigenvalue weighted by molar-refractivity contribution is 6.08. The van der Waals surface area contributed by atoms with Crippen LogP contribution in [0.2, 0.25) is 0 Å². The molecule has 1 amide bonds. The summed E-state index contributed by atoms with van der Waals surface area (Å²) in [4.78, 5) is 14.4. The van der Waals surface area contributed by atoms with Gasteiger partial charge in [-0.05, 0) is 44.5 Å². The largest absolute Gasteiger partial charge is 0.507 e. The van der Waals surface area contributed by atoms with Crippen LogP contribution in [0.3, 0.4) is 0 Å². The van der Waals surface area contributed by atoms with E-state index in [-0.39, 0.29) is 11.7 Å². The Labute approximate surface area is 119 Å². The first-order valence-electron chi connectivity index (χ1n) is 6.71. The second kappa shape index (κ2) is 5.78. The number of aryl methyl sites for hydroxylation is 2. The fraction of sp³-hybridized carbons (Fsp3) is 0.235. The molecule has 2 aromatic rings. The van der Waals surface area contributed by atoms with E-state index in [2.05, 4.69) is 0 Å². The molecule has 3 heteroatoms. The van der Waals surface area contributed by atoms with Gasteiger partial charge in [0.25, 0.3) is 5.91 Å². The Hall–Kier alpha value is -2.29. The van der Waals surface area contributed by atoms with E-state index in [1.165, 1.54) is 0 Å². The Morgan fingerprint density at radius 3 is 2.50 bits per heavy atom. The molecule has 0 radical (unpaired) electrons. The van der Waals surface area contributed by atoms with Gasteiger partial charge >= 0.3 is 0 Å². The predicted molar refractivity (Wildman–Crippen MR) is 81.4 cm³/mol. The van der Waals surface area contributed by atoms with Crippen LogP contribution in [0.1, 0.15) is 28.4 Å². The zero-order valence-corrected chi connectivity index (χ0v) is 12.1. The van der Waals surface area contributed by atoms with E-state index in [4.69, 9.17) is 0 Å². The van der Waals surface area contributed by atoms with Crippen molar-refractivity contribution in [1.82, 2.24) is 0 Å². The molecule has 0 spiro atoms. The number of carbonyl (C=O) groups excluding carboxylic acids is 1. The molecule has 0 aliphatic heterocycles. The Bertz CT molecular complexity index is 635. The van der Waals surface area contributed by atoms with Crippen LogP contribution >= 0.6 is 0 Å². The smallest absolute Gasteiger partial charge is 0.262 e. The van der Waals surface area contributed by atoms with Crippen molar-refractivity contribution in [3.63, 3.8) is 0 Å². The summed E-state index contributed by atoms with van der Waals surface area (Å²) in [5.41, 5.74) is 3.21. The van der Waals surface area contributed by atoms with Crippen LogP contribution in [-0.4, -0.2) is 17.6 Å². The number of benzene rings is 2. The third kappa shape index (κ3) is 2.67. The van der Waals surface area contributed by atoms with E-state index in [1.54, 1.807) is 23.1 Å². The SMILES string of the molecule is CCN(C(=O)c1cc(C)ccc1O)c1ccccc1C. The lowest BCUT2D eigenvalue weighted by molar-refractivity contribution is 0.0985. The normalized spacial score (nSPS) is 10.3. The highest BCUT2D eigenvalue weighted by Gasteiger charge is 2.20. The molecule has 0 atom stereocenters. The van der Waals surface area contributed by atoms with E-state index in [1.807, 2.05) is 45.0 Å². The van der Waals surface area contributed by atoms with Crippen molar-refractivity contribution < 1.29 is 9.90 Å². The lowest BCUT2D eigenvalue weighted by atomic mass is 10.1. The van der Waals surface area contributed by atoms with Crippen molar-refractivity contribution >= 4 is 11.6 Å². The van der Waals surface area contributed by atoms with Crippen molar-refractivity contribution in [1.29, 1.82) is 0 Å². The third-order valence-corrected chi connectivity index (χ3v) is 3.35. The van der Waals surface area contributed by atoms with Gasteiger partial charge in [0.05, 0.1) is 5.56 Å². The lowest BCUT2D eigenvalue weighted by Crippen LogP contribution is -2.31. The molecular weight excluding hydrogens is 250 g/mol. The van der Waals surface area contributed by atoms with Crippen molar-refractivity contribution in [2.45, 2.75) is 20.8 Å². The summed E-state index contributed by atoms with van der Waals surface area (Å²) >= 11 is 0. The monoisotopic (exact) mass is 269 g/mol. The van der Waals surface area contributed by atoms with E-state index in [0.29, 0.717) is 12.1 Å². The molecule has 20 heavy (non-hydrogen) atoms. The highest BCUT2D eigenvalue weighted by atomic mass is 16.3. The average Bonchev–Trinajstić information content (AvgIpc) is 2.44. The van der Waals surface area contributed by atoms with Gasteiger partial charge < -0.3 is 10.0 Å². The predicted octanol–water partition coefficient (Wildman–Crippen LogP) is 3.68. The van der Waals surface area contributed by atoms with Crippen molar-refractivity contribution in [3.05, 3.63) is 59.2 Å². The molecule has 2 aromatic carbocycles. The van der Waals surface area contributed by atoms with Crippen LogP contribution in [0.4, 0.5) is 5.69 Å². The van der Waals surface area contributed by atoms with Crippen LogP contribution in [0.25, 0.3) is 0 Å². The van der Waals surface area contributed by atoms with E-state index >= 15 is 0 Å². The topological polar surface area (TPSA) is 40.5 Å².